The average molecular weight is 319 g/mol. The summed E-state index contributed by atoms with van der Waals surface area (Å²) in [6, 6.07) is 13.1. The van der Waals surface area contributed by atoms with Crippen molar-refractivity contribution in [1.29, 1.82) is 0 Å². The normalized spacial score (nSPS) is 11.0. The van der Waals surface area contributed by atoms with Crippen LogP contribution in [0.3, 0.4) is 0 Å². The summed E-state index contributed by atoms with van der Waals surface area (Å²) in [5, 5.41) is 8.50. The van der Waals surface area contributed by atoms with Crippen molar-refractivity contribution in [1.82, 2.24) is 15.7 Å². The summed E-state index contributed by atoms with van der Waals surface area (Å²) in [5.74, 6) is 0. The van der Waals surface area contributed by atoms with Gasteiger partial charge in [-0.05, 0) is 43.4 Å². The zero-order chi connectivity index (χ0) is 15.1. The number of aromatic nitrogens is 1. The van der Waals surface area contributed by atoms with Gasteiger partial charge in [0.15, 0.2) is 5.11 Å². The summed E-state index contributed by atoms with van der Waals surface area (Å²) >= 11 is 11.1. The molecular formula is C15H15ClN4S. The molecule has 0 aliphatic carbocycles. The van der Waals surface area contributed by atoms with Gasteiger partial charge in [-0.2, -0.15) is 5.10 Å². The predicted molar refractivity (Wildman–Crippen MR) is 90.7 cm³/mol. The number of rotatable bonds is 4. The molecule has 21 heavy (non-hydrogen) atoms. The van der Waals surface area contributed by atoms with Gasteiger partial charge in [0.2, 0.25) is 0 Å². The van der Waals surface area contributed by atoms with E-state index in [0.29, 0.717) is 15.8 Å². The standard InChI is InChI=1S/C15H15ClN4S/c1-2-17-15(21)20-19-14(13-5-3-4-10-18-13)11-6-8-12(16)9-7-11/h3-10H,2H2,1H3,(H2,17,20,21)/b19-14+. The van der Waals surface area contributed by atoms with Gasteiger partial charge in [-0.1, -0.05) is 29.8 Å². The molecule has 6 heteroatoms. The Morgan fingerprint density at radius 3 is 2.62 bits per heavy atom. The second kappa shape index (κ2) is 7.71. The summed E-state index contributed by atoms with van der Waals surface area (Å²) in [7, 11) is 0. The number of nitrogens with zero attached hydrogens (tertiary/aromatic N) is 2. The number of thiocarbonyl (C=S) groups is 1. The van der Waals surface area contributed by atoms with Gasteiger partial charge in [-0.25, -0.2) is 0 Å². The van der Waals surface area contributed by atoms with Crippen molar-refractivity contribution < 1.29 is 0 Å². The molecule has 0 aliphatic heterocycles. The van der Waals surface area contributed by atoms with Crippen molar-refractivity contribution in [2.24, 2.45) is 5.10 Å². The van der Waals surface area contributed by atoms with Crippen LogP contribution >= 0.6 is 23.8 Å². The number of hydrogen-bond acceptors (Lipinski definition) is 3. The Morgan fingerprint density at radius 1 is 1.24 bits per heavy atom. The third-order valence-electron chi connectivity index (χ3n) is 2.63. The molecular weight excluding hydrogens is 304 g/mol. The lowest BCUT2D eigenvalue weighted by atomic mass is 10.1. The molecule has 0 bridgehead atoms. The molecule has 2 rings (SSSR count). The first-order valence-electron chi connectivity index (χ1n) is 6.49. The van der Waals surface area contributed by atoms with Gasteiger partial charge in [-0.15, -0.1) is 0 Å². The minimum atomic E-state index is 0.472. The first kappa shape index (κ1) is 15.4. The molecule has 108 valence electrons. The molecule has 0 amide bonds. The van der Waals surface area contributed by atoms with Crippen LogP contribution in [0.1, 0.15) is 18.2 Å². The van der Waals surface area contributed by atoms with Gasteiger partial charge in [0, 0.05) is 23.3 Å². The Labute approximate surface area is 134 Å². The predicted octanol–water partition coefficient (Wildman–Crippen LogP) is 2.97. The Hall–Kier alpha value is -1.98. The van der Waals surface area contributed by atoms with Crippen molar-refractivity contribution in [3.63, 3.8) is 0 Å². The van der Waals surface area contributed by atoms with E-state index in [1.807, 2.05) is 49.4 Å². The molecule has 0 radical (unpaired) electrons. The minimum Gasteiger partial charge on any atom is -0.362 e. The lowest BCUT2D eigenvalue weighted by molar-refractivity contribution is 0.901. The molecule has 4 nitrogen and oxygen atoms in total. The van der Waals surface area contributed by atoms with Crippen LogP contribution in [-0.2, 0) is 0 Å². The van der Waals surface area contributed by atoms with Crippen molar-refractivity contribution in [2.75, 3.05) is 6.54 Å². The number of benzene rings is 1. The lowest BCUT2D eigenvalue weighted by Crippen LogP contribution is -2.32. The van der Waals surface area contributed by atoms with E-state index in [2.05, 4.69) is 20.8 Å². The minimum absolute atomic E-state index is 0.472. The second-order valence-corrected chi connectivity index (χ2v) is 5.00. The number of nitrogens with one attached hydrogen (secondary N) is 2. The van der Waals surface area contributed by atoms with Crippen LogP contribution in [0.15, 0.2) is 53.8 Å². The van der Waals surface area contributed by atoms with Gasteiger partial charge in [-0.3, -0.25) is 10.4 Å². The first-order valence-corrected chi connectivity index (χ1v) is 7.28. The lowest BCUT2D eigenvalue weighted by Gasteiger charge is -2.09. The highest BCUT2D eigenvalue weighted by Crippen LogP contribution is 2.13. The Morgan fingerprint density at radius 2 is 2.00 bits per heavy atom. The first-order chi connectivity index (χ1) is 10.2. The third kappa shape index (κ3) is 4.51. The van der Waals surface area contributed by atoms with Gasteiger partial charge in [0.05, 0.1) is 5.69 Å². The molecule has 0 unspecified atom stereocenters. The van der Waals surface area contributed by atoms with E-state index >= 15 is 0 Å². The Bertz CT molecular complexity index is 626. The molecule has 1 aromatic heterocycles. The van der Waals surface area contributed by atoms with Crippen molar-refractivity contribution >= 4 is 34.6 Å². The number of hydrogen-bond donors (Lipinski definition) is 2. The summed E-state index contributed by atoms with van der Waals surface area (Å²) in [5.41, 5.74) is 5.20. The Kier molecular flexibility index (Phi) is 5.66. The molecule has 2 aromatic rings. The number of pyridine rings is 1. The van der Waals surface area contributed by atoms with E-state index in [0.717, 1.165) is 17.8 Å². The molecule has 2 N–H and O–H groups in total. The highest BCUT2D eigenvalue weighted by Gasteiger charge is 2.08. The van der Waals surface area contributed by atoms with Crippen LogP contribution in [0, 0.1) is 0 Å². The topological polar surface area (TPSA) is 49.3 Å². The van der Waals surface area contributed by atoms with Gasteiger partial charge >= 0.3 is 0 Å². The molecule has 0 spiro atoms. The summed E-state index contributed by atoms with van der Waals surface area (Å²) in [6.45, 7) is 2.71. The van der Waals surface area contributed by atoms with Crippen LogP contribution in [-0.4, -0.2) is 22.4 Å². The van der Waals surface area contributed by atoms with Gasteiger partial charge in [0.1, 0.15) is 5.71 Å². The zero-order valence-corrected chi connectivity index (χ0v) is 13.1. The highest BCUT2D eigenvalue weighted by atomic mass is 35.5. The van der Waals surface area contributed by atoms with Crippen LogP contribution < -0.4 is 10.7 Å². The fourth-order valence-corrected chi connectivity index (χ4v) is 2.00. The van der Waals surface area contributed by atoms with Gasteiger partial charge in [0.25, 0.3) is 0 Å². The maximum atomic E-state index is 5.93. The average Bonchev–Trinajstić information content (AvgIpc) is 2.50. The quantitative estimate of drug-likeness (QED) is 0.517. The molecule has 0 saturated heterocycles. The fourth-order valence-electron chi connectivity index (χ4n) is 1.69. The maximum absolute atomic E-state index is 5.93. The van der Waals surface area contributed by atoms with Crippen LogP contribution in [0.25, 0.3) is 0 Å². The van der Waals surface area contributed by atoms with E-state index in [9.17, 15) is 0 Å². The monoisotopic (exact) mass is 318 g/mol. The Balaban J connectivity index is 2.33. The maximum Gasteiger partial charge on any atom is 0.186 e. The molecule has 0 atom stereocenters. The summed E-state index contributed by atoms with van der Waals surface area (Å²) < 4.78 is 0. The van der Waals surface area contributed by atoms with Crippen molar-refractivity contribution in [2.45, 2.75) is 6.92 Å². The van der Waals surface area contributed by atoms with Crippen LogP contribution in [0.2, 0.25) is 5.02 Å². The second-order valence-electron chi connectivity index (χ2n) is 4.15. The number of halogens is 1. The van der Waals surface area contributed by atoms with Crippen molar-refractivity contribution in [3.8, 4) is 0 Å². The van der Waals surface area contributed by atoms with Gasteiger partial charge < -0.3 is 5.32 Å². The smallest absolute Gasteiger partial charge is 0.186 e. The van der Waals surface area contributed by atoms with E-state index in [1.165, 1.54) is 0 Å². The van der Waals surface area contributed by atoms with Crippen molar-refractivity contribution in [3.05, 3.63) is 64.9 Å². The van der Waals surface area contributed by atoms with Crippen LogP contribution in [0.5, 0.6) is 0 Å². The van der Waals surface area contributed by atoms with E-state index in [4.69, 9.17) is 23.8 Å². The highest BCUT2D eigenvalue weighted by molar-refractivity contribution is 7.80. The molecule has 1 heterocycles. The van der Waals surface area contributed by atoms with E-state index < -0.39 is 0 Å². The molecule has 0 saturated carbocycles. The molecule has 0 fully saturated rings. The molecule has 1 aromatic carbocycles. The molecule has 0 aliphatic rings. The largest absolute Gasteiger partial charge is 0.362 e. The van der Waals surface area contributed by atoms with Crippen LogP contribution in [0.4, 0.5) is 0 Å². The third-order valence-corrected chi connectivity index (χ3v) is 3.12. The van der Waals surface area contributed by atoms with E-state index in [1.54, 1.807) is 6.20 Å². The zero-order valence-electron chi connectivity index (χ0n) is 11.5. The summed E-state index contributed by atoms with van der Waals surface area (Å²) in [6.07, 6.45) is 1.73. The van der Waals surface area contributed by atoms with E-state index in [-0.39, 0.29) is 0 Å². The SMILES string of the molecule is CCNC(=S)N/N=C(\c1ccc(Cl)cc1)c1ccccn1. The summed E-state index contributed by atoms with van der Waals surface area (Å²) in [4.78, 5) is 4.33. The number of hydrazone groups is 1. The fraction of sp³-hybridized carbons (Fsp3) is 0.133.